The van der Waals surface area contributed by atoms with Crippen LogP contribution in [0.2, 0.25) is 0 Å². The molecule has 0 aliphatic rings. The lowest BCUT2D eigenvalue weighted by Crippen LogP contribution is -2.47. The molecule has 1 amide bonds. The Morgan fingerprint density at radius 1 is 1.23 bits per heavy atom. The van der Waals surface area contributed by atoms with Crippen molar-refractivity contribution in [3.05, 3.63) is 54.0 Å². The van der Waals surface area contributed by atoms with E-state index in [1.807, 2.05) is 0 Å². The fraction of sp³-hybridized carbons (Fsp3) is 0.143. The number of alkyl halides is 3. The molecule has 0 aliphatic heterocycles. The first-order valence-electron chi connectivity index (χ1n) is 6.03. The molecule has 0 spiro atoms. The molecule has 2 aromatic rings. The van der Waals surface area contributed by atoms with E-state index in [-0.39, 0.29) is 5.76 Å². The van der Waals surface area contributed by atoms with Crippen LogP contribution in [0.4, 0.5) is 0 Å². The number of carbonyl (C=O) groups excluding carboxylic acids is 2. The average Bonchev–Trinajstić information content (AvgIpc) is 3.00. The first kappa shape index (κ1) is 16.7. The Morgan fingerprint density at radius 2 is 1.91 bits per heavy atom. The van der Waals surface area contributed by atoms with Crippen LogP contribution in [-0.4, -0.2) is 22.2 Å². The van der Waals surface area contributed by atoms with Crippen LogP contribution in [0.15, 0.2) is 47.1 Å². The molecule has 0 fully saturated rings. The molecule has 0 aliphatic carbocycles. The van der Waals surface area contributed by atoms with Crippen molar-refractivity contribution in [3.8, 4) is 5.75 Å². The summed E-state index contributed by atoms with van der Waals surface area (Å²) in [5.74, 6) is -0.216. The second kappa shape index (κ2) is 7.05. The highest BCUT2D eigenvalue weighted by Gasteiger charge is 2.36. The fourth-order valence-corrected chi connectivity index (χ4v) is 1.83. The molecule has 0 bridgehead atoms. The van der Waals surface area contributed by atoms with Crippen LogP contribution in [0, 0.1) is 0 Å². The van der Waals surface area contributed by atoms with E-state index in [1.165, 1.54) is 36.6 Å². The van der Waals surface area contributed by atoms with Gasteiger partial charge in [-0.25, -0.2) is 0 Å². The Kier molecular flexibility index (Phi) is 5.34. The molecular weight excluding hydrogens is 353 g/mol. The van der Waals surface area contributed by atoms with Gasteiger partial charge in [0, 0.05) is 5.56 Å². The zero-order chi connectivity index (χ0) is 16.2. The summed E-state index contributed by atoms with van der Waals surface area (Å²) in [4.78, 5) is 22.6. The zero-order valence-corrected chi connectivity index (χ0v) is 13.2. The SMILES string of the molecule is O=Cc1ccc(O[C@@H](NC(=O)c2ccco2)C(Cl)(Cl)Cl)cc1. The molecule has 116 valence electrons. The van der Waals surface area contributed by atoms with Crippen molar-refractivity contribution < 1.29 is 18.7 Å². The van der Waals surface area contributed by atoms with E-state index in [4.69, 9.17) is 44.0 Å². The summed E-state index contributed by atoms with van der Waals surface area (Å²) in [6, 6.07) is 9.12. The smallest absolute Gasteiger partial charge is 0.289 e. The molecule has 0 saturated heterocycles. The molecule has 1 N–H and O–H groups in total. The van der Waals surface area contributed by atoms with Crippen molar-refractivity contribution in [2.24, 2.45) is 0 Å². The van der Waals surface area contributed by atoms with Crippen LogP contribution >= 0.6 is 34.8 Å². The summed E-state index contributed by atoms with van der Waals surface area (Å²) >= 11 is 17.5. The number of nitrogens with one attached hydrogen (secondary N) is 1. The average molecular weight is 363 g/mol. The molecule has 0 unspecified atom stereocenters. The Balaban J connectivity index is 2.12. The van der Waals surface area contributed by atoms with Gasteiger partial charge in [0.15, 0.2) is 5.76 Å². The normalized spacial score (nSPS) is 12.5. The van der Waals surface area contributed by atoms with Crippen LogP contribution in [0.5, 0.6) is 5.75 Å². The largest absolute Gasteiger partial charge is 0.466 e. The van der Waals surface area contributed by atoms with Crippen molar-refractivity contribution in [1.82, 2.24) is 5.32 Å². The number of amides is 1. The number of carbonyl (C=O) groups is 2. The van der Waals surface area contributed by atoms with E-state index in [0.717, 1.165) is 0 Å². The third kappa shape index (κ3) is 4.40. The van der Waals surface area contributed by atoms with Gasteiger partial charge in [-0.3, -0.25) is 9.59 Å². The Labute approximate surface area is 141 Å². The number of benzene rings is 1. The van der Waals surface area contributed by atoms with Gasteiger partial charge in [0.2, 0.25) is 10.0 Å². The summed E-state index contributed by atoms with van der Waals surface area (Å²) in [6.45, 7) is 0. The van der Waals surface area contributed by atoms with Crippen LogP contribution in [-0.2, 0) is 0 Å². The van der Waals surface area contributed by atoms with Gasteiger partial charge < -0.3 is 14.5 Å². The molecule has 2 rings (SSSR count). The van der Waals surface area contributed by atoms with Crippen LogP contribution in [0.3, 0.4) is 0 Å². The first-order valence-corrected chi connectivity index (χ1v) is 7.16. The van der Waals surface area contributed by atoms with Gasteiger partial charge in [0.1, 0.15) is 12.0 Å². The predicted molar refractivity (Wildman–Crippen MR) is 82.7 cm³/mol. The number of ether oxygens (including phenoxy) is 1. The zero-order valence-electron chi connectivity index (χ0n) is 11.0. The molecule has 1 aromatic heterocycles. The molecule has 1 aromatic carbocycles. The Bertz CT molecular complexity index is 635. The molecule has 0 radical (unpaired) electrons. The number of aldehydes is 1. The Morgan fingerprint density at radius 3 is 2.41 bits per heavy atom. The second-order valence-corrected chi connectivity index (χ2v) is 6.55. The number of furan rings is 1. The van der Waals surface area contributed by atoms with Gasteiger partial charge in [0.25, 0.3) is 5.91 Å². The van der Waals surface area contributed by atoms with Crippen LogP contribution in [0.1, 0.15) is 20.9 Å². The van der Waals surface area contributed by atoms with E-state index in [9.17, 15) is 9.59 Å². The van der Waals surface area contributed by atoms with Gasteiger partial charge >= 0.3 is 0 Å². The predicted octanol–water partition coefficient (Wildman–Crippen LogP) is 3.60. The third-order valence-corrected chi connectivity index (χ3v) is 3.17. The standard InChI is InChI=1S/C14H10Cl3NO4/c15-14(16,17)13(18-12(20)11-2-1-7-21-11)22-10-5-3-9(8-19)4-6-10/h1-8,13H,(H,18,20)/t13-/m1/s1. The van der Waals surface area contributed by atoms with Crippen LogP contribution < -0.4 is 10.1 Å². The van der Waals surface area contributed by atoms with E-state index in [1.54, 1.807) is 6.07 Å². The number of rotatable bonds is 5. The van der Waals surface area contributed by atoms with Gasteiger partial charge in [-0.2, -0.15) is 0 Å². The quantitative estimate of drug-likeness (QED) is 0.501. The molecule has 5 nitrogen and oxygen atoms in total. The highest BCUT2D eigenvalue weighted by atomic mass is 35.6. The minimum atomic E-state index is -1.91. The van der Waals surface area contributed by atoms with Gasteiger partial charge in [0.05, 0.1) is 6.26 Å². The first-order chi connectivity index (χ1) is 10.4. The van der Waals surface area contributed by atoms with E-state index in [0.29, 0.717) is 17.6 Å². The van der Waals surface area contributed by atoms with E-state index in [2.05, 4.69) is 5.32 Å². The molecule has 1 heterocycles. The van der Waals surface area contributed by atoms with E-state index < -0.39 is 15.9 Å². The maximum Gasteiger partial charge on any atom is 0.289 e. The lowest BCUT2D eigenvalue weighted by Gasteiger charge is -2.25. The minimum absolute atomic E-state index is 0.0548. The van der Waals surface area contributed by atoms with Gasteiger partial charge in [-0.15, -0.1) is 0 Å². The Hall–Kier alpha value is -1.69. The molecule has 8 heteroatoms. The monoisotopic (exact) mass is 361 g/mol. The molecular formula is C14H10Cl3NO4. The van der Waals surface area contributed by atoms with Crippen molar-refractivity contribution in [1.29, 1.82) is 0 Å². The van der Waals surface area contributed by atoms with Crippen molar-refractivity contribution in [2.75, 3.05) is 0 Å². The summed E-state index contributed by atoms with van der Waals surface area (Å²) in [5, 5.41) is 2.42. The lowest BCUT2D eigenvalue weighted by atomic mass is 10.2. The van der Waals surface area contributed by atoms with Crippen LogP contribution in [0.25, 0.3) is 0 Å². The highest BCUT2D eigenvalue weighted by molar-refractivity contribution is 6.68. The number of halogens is 3. The van der Waals surface area contributed by atoms with Crippen molar-refractivity contribution in [2.45, 2.75) is 10.0 Å². The fourth-order valence-electron chi connectivity index (χ4n) is 1.54. The van der Waals surface area contributed by atoms with Crippen molar-refractivity contribution >= 4 is 47.0 Å². The summed E-state index contributed by atoms with van der Waals surface area (Å²) in [7, 11) is 0. The molecule has 1 atom stereocenters. The van der Waals surface area contributed by atoms with E-state index >= 15 is 0 Å². The molecule has 0 saturated carbocycles. The topological polar surface area (TPSA) is 68.5 Å². The maximum absolute atomic E-state index is 11.9. The lowest BCUT2D eigenvalue weighted by molar-refractivity contribution is 0.0805. The molecule has 22 heavy (non-hydrogen) atoms. The summed E-state index contributed by atoms with van der Waals surface area (Å²) < 4.78 is 8.50. The maximum atomic E-state index is 11.9. The van der Waals surface area contributed by atoms with Crippen molar-refractivity contribution in [3.63, 3.8) is 0 Å². The number of hydrogen-bond acceptors (Lipinski definition) is 4. The van der Waals surface area contributed by atoms with Gasteiger partial charge in [-0.1, -0.05) is 34.8 Å². The summed E-state index contributed by atoms with van der Waals surface area (Å²) in [5.41, 5.74) is 0.470. The third-order valence-electron chi connectivity index (χ3n) is 2.57. The second-order valence-electron chi connectivity index (χ2n) is 4.18. The summed E-state index contributed by atoms with van der Waals surface area (Å²) in [6.07, 6.45) is 0.782. The highest BCUT2D eigenvalue weighted by Crippen LogP contribution is 2.32. The minimum Gasteiger partial charge on any atom is -0.466 e. The number of hydrogen-bond donors (Lipinski definition) is 1. The van der Waals surface area contributed by atoms with Gasteiger partial charge in [-0.05, 0) is 36.4 Å².